The van der Waals surface area contributed by atoms with Gasteiger partial charge in [-0.25, -0.2) is 10.1 Å². The van der Waals surface area contributed by atoms with Gasteiger partial charge in [-0.3, -0.25) is 0 Å². The number of hydrogen-bond donors (Lipinski definition) is 2. The van der Waals surface area contributed by atoms with Crippen LogP contribution in [0.4, 0.5) is 5.95 Å². The van der Waals surface area contributed by atoms with Gasteiger partial charge in [-0.2, -0.15) is 10.2 Å². The van der Waals surface area contributed by atoms with Crippen molar-refractivity contribution in [2.45, 2.75) is 13.8 Å². The summed E-state index contributed by atoms with van der Waals surface area (Å²) < 4.78 is 1.56. The van der Waals surface area contributed by atoms with Crippen molar-refractivity contribution < 1.29 is 5.11 Å². The predicted octanol–water partition coefficient (Wildman–Crippen LogP) is 1.22. The topological polar surface area (TPSA) is 114 Å². The molecule has 0 radical (unpaired) electrons. The Kier molecular flexibility index (Phi) is 3.91. The number of nitrogens with one attached hydrogen (secondary N) is 1. The van der Waals surface area contributed by atoms with Gasteiger partial charge in [-0.1, -0.05) is 12.1 Å². The second kappa shape index (κ2) is 6.18. The molecule has 0 saturated heterocycles. The van der Waals surface area contributed by atoms with Crippen LogP contribution >= 0.6 is 0 Å². The van der Waals surface area contributed by atoms with Crippen LogP contribution < -0.4 is 5.43 Å². The van der Waals surface area contributed by atoms with Gasteiger partial charge < -0.3 is 5.11 Å². The molecule has 0 bridgehead atoms. The van der Waals surface area contributed by atoms with Gasteiger partial charge >= 0.3 is 0 Å². The Morgan fingerprint density at radius 3 is 2.52 bits per heavy atom. The van der Waals surface area contributed by atoms with E-state index in [1.807, 2.05) is 19.9 Å². The number of nitrogens with zero attached hydrogens (tertiary/aromatic N) is 7. The summed E-state index contributed by atoms with van der Waals surface area (Å²) in [5.74, 6) is 0.558. The summed E-state index contributed by atoms with van der Waals surface area (Å²) in [7, 11) is 0. The molecule has 0 spiro atoms. The van der Waals surface area contributed by atoms with Crippen molar-refractivity contribution >= 4 is 12.2 Å². The van der Waals surface area contributed by atoms with E-state index in [2.05, 4.69) is 36.0 Å². The lowest BCUT2D eigenvalue weighted by atomic mass is 10.2. The molecule has 3 aromatic rings. The van der Waals surface area contributed by atoms with Gasteiger partial charge in [0.25, 0.3) is 11.9 Å². The maximum absolute atomic E-state index is 9.61. The molecular weight excluding hydrogens is 296 g/mol. The number of aryl methyl sites for hydroxylation is 2. The normalized spacial score (nSPS) is 11.0. The van der Waals surface area contributed by atoms with Crippen molar-refractivity contribution in [3.8, 4) is 11.7 Å². The highest BCUT2D eigenvalue weighted by Gasteiger charge is 2.08. The average molecular weight is 310 g/mol. The molecule has 0 aliphatic heterocycles. The molecule has 0 aliphatic rings. The van der Waals surface area contributed by atoms with Crippen molar-refractivity contribution in [1.29, 1.82) is 0 Å². The highest BCUT2D eigenvalue weighted by atomic mass is 16.3. The molecule has 2 aromatic heterocycles. The van der Waals surface area contributed by atoms with Gasteiger partial charge in [-0.15, -0.1) is 20.4 Å². The average Bonchev–Trinajstić information content (AvgIpc) is 2.88. The SMILES string of the molecule is Cc1cc(C)n(-c2nnc(NN=Cc3ccccc3O)nn2)n1. The maximum Gasteiger partial charge on any atom is 0.289 e. The molecule has 0 amide bonds. The monoisotopic (exact) mass is 310 g/mol. The van der Waals surface area contributed by atoms with Crippen molar-refractivity contribution in [3.05, 3.63) is 47.3 Å². The van der Waals surface area contributed by atoms with Crippen LogP contribution in [0.15, 0.2) is 35.4 Å². The number of aromatic hydroxyl groups is 1. The number of benzene rings is 1. The second-order valence-corrected chi connectivity index (χ2v) is 4.79. The zero-order valence-electron chi connectivity index (χ0n) is 12.5. The van der Waals surface area contributed by atoms with Crippen LogP contribution in [0.3, 0.4) is 0 Å². The third-order valence-corrected chi connectivity index (χ3v) is 2.97. The first-order valence-electron chi connectivity index (χ1n) is 6.81. The van der Waals surface area contributed by atoms with Gasteiger partial charge in [0, 0.05) is 11.3 Å². The quantitative estimate of drug-likeness (QED) is 0.550. The lowest BCUT2D eigenvalue weighted by Crippen LogP contribution is -2.10. The summed E-state index contributed by atoms with van der Waals surface area (Å²) in [4.78, 5) is 0. The molecule has 0 fully saturated rings. The number of para-hydroxylation sites is 1. The van der Waals surface area contributed by atoms with E-state index in [4.69, 9.17) is 0 Å². The third kappa shape index (κ3) is 3.28. The zero-order chi connectivity index (χ0) is 16.2. The molecule has 2 heterocycles. The van der Waals surface area contributed by atoms with E-state index < -0.39 is 0 Å². The summed E-state index contributed by atoms with van der Waals surface area (Å²) in [6, 6.07) is 8.73. The van der Waals surface area contributed by atoms with Crippen molar-refractivity contribution in [3.63, 3.8) is 0 Å². The Labute approximate surface area is 131 Å². The van der Waals surface area contributed by atoms with Crippen LogP contribution in [0.5, 0.6) is 5.75 Å². The highest BCUT2D eigenvalue weighted by Crippen LogP contribution is 2.12. The first-order valence-corrected chi connectivity index (χ1v) is 6.81. The van der Waals surface area contributed by atoms with E-state index in [0.717, 1.165) is 11.4 Å². The standard InChI is InChI=1S/C14H14N8O/c1-9-7-10(2)22(21-9)14-19-17-13(18-20-14)16-15-8-11-5-3-4-6-12(11)23/h3-8,23H,1-2H3,(H,16,17,18). The molecule has 9 heteroatoms. The Balaban J connectivity index is 1.71. The first-order chi connectivity index (χ1) is 11.1. The Bertz CT molecular complexity index is 840. The number of hydrogen-bond acceptors (Lipinski definition) is 8. The smallest absolute Gasteiger partial charge is 0.289 e. The van der Waals surface area contributed by atoms with E-state index in [1.165, 1.54) is 6.21 Å². The van der Waals surface area contributed by atoms with Gasteiger partial charge in [-0.05, 0) is 32.0 Å². The van der Waals surface area contributed by atoms with Crippen LogP contribution in [0.1, 0.15) is 17.0 Å². The summed E-state index contributed by atoms with van der Waals surface area (Å²) in [6.45, 7) is 3.78. The molecule has 1 aromatic carbocycles. The van der Waals surface area contributed by atoms with Gasteiger partial charge in [0.05, 0.1) is 11.9 Å². The highest BCUT2D eigenvalue weighted by molar-refractivity contribution is 5.83. The minimum absolute atomic E-state index is 0.134. The molecule has 0 saturated carbocycles. The van der Waals surface area contributed by atoms with Gasteiger partial charge in [0.15, 0.2) is 0 Å². The van der Waals surface area contributed by atoms with Gasteiger partial charge in [0.2, 0.25) is 0 Å². The van der Waals surface area contributed by atoms with Crippen LogP contribution in [0, 0.1) is 13.8 Å². The molecule has 0 unspecified atom stereocenters. The summed E-state index contributed by atoms with van der Waals surface area (Å²) in [5, 5.41) is 33.5. The Morgan fingerprint density at radius 2 is 1.87 bits per heavy atom. The van der Waals surface area contributed by atoms with Crippen LogP contribution in [0.2, 0.25) is 0 Å². The molecule has 2 N–H and O–H groups in total. The largest absolute Gasteiger partial charge is 0.507 e. The predicted molar refractivity (Wildman–Crippen MR) is 83.5 cm³/mol. The summed E-state index contributed by atoms with van der Waals surface area (Å²) in [5.41, 5.74) is 4.92. The number of phenols is 1. The molecule has 3 rings (SSSR count). The fourth-order valence-corrected chi connectivity index (χ4v) is 1.94. The lowest BCUT2D eigenvalue weighted by Gasteiger charge is -2.01. The minimum Gasteiger partial charge on any atom is -0.507 e. The van der Waals surface area contributed by atoms with E-state index in [-0.39, 0.29) is 17.6 Å². The number of anilines is 1. The van der Waals surface area contributed by atoms with E-state index in [0.29, 0.717) is 5.56 Å². The molecule has 116 valence electrons. The fraction of sp³-hybridized carbons (Fsp3) is 0.143. The van der Waals surface area contributed by atoms with Crippen molar-refractivity contribution in [1.82, 2.24) is 30.2 Å². The molecule has 0 aliphatic carbocycles. The van der Waals surface area contributed by atoms with E-state index >= 15 is 0 Å². The molecule has 9 nitrogen and oxygen atoms in total. The van der Waals surface area contributed by atoms with E-state index in [1.54, 1.807) is 28.9 Å². The number of hydrazone groups is 1. The van der Waals surface area contributed by atoms with Crippen molar-refractivity contribution in [2.24, 2.45) is 5.10 Å². The van der Waals surface area contributed by atoms with Crippen LogP contribution in [0.25, 0.3) is 5.95 Å². The summed E-state index contributed by atoms with van der Waals surface area (Å²) >= 11 is 0. The number of phenolic OH excluding ortho intramolecular Hbond substituents is 1. The minimum atomic E-state index is 0.134. The van der Waals surface area contributed by atoms with Crippen molar-refractivity contribution in [2.75, 3.05) is 5.43 Å². The summed E-state index contributed by atoms with van der Waals surface area (Å²) in [6.07, 6.45) is 1.45. The fourth-order valence-electron chi connectivity index (χ4n) is 1.94. The number of rotatable bonds is 4. The molecule has 0 atom stereocenters. The number of aromatic nitrogens is 6. The second-order valence-electron chi connectivity index (χ2n) is 4.79. The Hall–Kier alpha value is -3.36. The van der Waals surface area contributed by atoms with Gasteiger partial charge in [0.1, 0.15) is 5.75 Å². The van der Waals surface area contributed by atoms with Crippen LogP contribution in [-0.4, -0.2) is 41.5 Å². The molecular formula is C14H14N8O. The van der Waals surface area contributed by atoms with Crippen LogP contribution in [-0.2, 0) is 0 Å². The Morgan fingerprint density at radius 1 is 1.13 bits per heavy atom. The van der Waals surface area contributed by atoms with E-state index in [9.17, 15) is 5.11 Å². The maximum atomic E-state index is 9.61. The zero-order valence-corrected chi connectivity index (χ0v) is 12.5. The third-order valence-electron chi connectivity index (χ3n) is 2.97. The molecule has 23 heavy (non-hydrogen) atoms. The lowest BCUT2D eigenvalue weighted by molar-refractivity contribution is 0.474. The first kappa shape index (κ1) is 14.6.